The molecule has 1 aliphatic heterocycles. The Morgan fingerprint density at radius 2 is 1.62 bits per heavy atom. The van der Waals surface area contributed by atoms with Crippen molar-refractivity contribution in [3.8, 4) is 0 Å². The highest BCUT2D eigenvalue weighted by Gasteiger charge is 2.17. The summed E-state index contributed by atoms with van der Waals surface area (Å²) in [6.45, 7) is 2.35. The van der Waals surface area contributed by atoms with Gasteiger partial charge in [0.2, 0.25) is 0 Å². The van der Waals surface area contributed by atoms with E-state index in [2.05, 4.69) is 47.6 Å². The number of halogens is 2. The zero-order valence-corrected chi connectivity index (χ0v) is 11.2. The summed E-state index contributed by atoms with van der Waals surface area (Å²) in [6, 6.07) is 11.4. The topological polar surface area (TPSA) is 15.3 Å². The second-order valence-corrected chi connectivity index (χ2v) is 3.89. The molecule has 0 aliphatic carbocycles. The van der Waals surface area contributed by atoms with E-state index in [1.54, 1.807) is 0 Å². The van der Waals surface area contributed by atoms with Crippen LogP contribution in [0.1, 0.15) is 12.8 Å². The second-order valence-electron chi connectivity index (χ2n) is 3.89. The third kappa shape index (κ3) is 3.85. The largest absolute Gasteiger partial charge is 0.371 e. The van der Waals surface area contributed by atoms with Gasteiger partial charge in [0, 0.05) is 24.8 Å². The van der Waals surface area contributed by atoms with Crippen LogP contribution < -0.4 is 10.2 Å². The molecule has 4 heteroatoms. The molecule has 1 saturated heterocycles. The highest BCUT2D eigenvalue weighted by atomic mass is 35.5. The third-order valence-electron chi connectivity index (χ3n) is 3.02. The highest BCUT2D eigenvalue weighted by molar-refractivity contribution is 5.85. The molecule has 1 aliphatic rings. The molecule has 0 amide bonds. The lowest BCUT2D eigenvalue weighted by Crippen LogP contribution is -2.41. The minimum atomic E-state index is 0. The molecule has 0 bridgehead atoms. The van der Waals surface area contributed by atoms with Crippen molar-refractivity contribution in [2.75, 3.05) is 25.0 Å². The molecule has 1 N–H and O–H groups in total. The molecule has 92 valence electrons. The first-order chi connectivity index (χ1) is 6.90. The molecular weight excluding hydrogens is 243 g/mol. The van der Waals surface area contributed by atoms with E-state index in [9.17, 15) is 0 Å². The van der Waals surface area contributed by atoms with Gasteiger partial charge in [-0.05, 0) is 32.0 Å². The van der Waals surface area contributed by atoms with Crippen LogP contribution in [0.3, 0.4) is 0 Å². The summed E-state index contributed by atoms with van der Waals surface area (Å²) in [7, 11) is 2.06. The molecule has 16 heavy (non-hydrogen) atoms. The zero-order chi connectivity index (χ0) is 9.80. The SMILES string of the molecule is CNC1CCN(c2ccccc2)CC1.Cl.Cl. The molecule has 0 saturated carbocycles. The predicted octanol–water partition coefficient (Wildman–Crippen LogP) is 2.72. The number of anilines is 1. The van der Waals surface area contributed by atoms with Crippen LogP contribution in [0.4, 0.5) is 5.69 Å². The van der Waals surface area contributed by atoms with Crippen LogP contribution in [0.2, 0.25) is 0 Å². The van der Waals surface area contributed by atoms with Crippen LogP contribution >= 0.6 is 24.8 Å². The summed E-state index contributed by atoms with van der Waals surface area (Å²) >= 11 is 0. The molecule has 1 fully saturated rings. The fourth-order valence-corrected chi connectivity index (χ4v) is 2.07. The van der Waals surface area contributed by atoms with E-state index in [0.29, 0.717) is 0 Å². The van der Waals surface area contributed by atoms with E-state index in [1.807, 2.05) is 0 Å². The summed E-state index contributed by atoms with van der Waals surface area (Å²) in [5, 5.41) is 3.35. The van der Waals surface area contributed by atoms with Crippen LogP contribution in [0.25, 0.3) is 0 Å². The lowest BCUT2D eigenvalue weighted by molar-refractivity contribution is 0.442. The molecular formula is C12H20Cl2N2. The van der Waals surface area contributed by atoms with Gasteiger partial charge in [-0.15, -0.1) is 24.8 Å². The summed E-state index contributed by atoms with van der Waals surface area (Å²) in [5.74, 6) is 0. The average molecular weight is 263 g/mol. The monoisotopic (exact) mass is 262 g/mol. The van der Waals surface area contributed by atoms with Gasteiger partial charge in [-0.25, -0.2) is 0 Å². The molecule has 2 nitrogen and oxygen atoms in total. The first kappa shape index (κ1) is 15.6. The second kappa shape index (κ2) is 7.77. The van der Waals surface area contributed by atoms with Gasteiger partial charge in [0.05, 0.1) is 0 Å². The quantitative estimate of drug-likeness (QED) is 0.882. The molecule has 0 unspecified atom stereocenters. The molecule has 1 heterocycles. The molecule has 0 radical (unpaired) electrons. The van der Waals surface area contributed by atoms with Crippen molar-refractivity contribution in [2.24, 2.45) is 0 Å². The summed E-state index contributed by atoms with van der Waals surface area (Å²) < 4.78 is 0. The molecule has 0 atom stereocenters. The van der Waals surface area contributed by atoms with Gasteiger partial charge in [0.25, 0.3) is 0 Å². The molecule has 0 spiro atoms. The number of para-hydroxylation sites is 1. The lowest BCUT2D eigenvalue weighted by atomic mass is 10.0. The smallest absolute Gasteiger partial charge is 0.0366 e. The molecule has 1 aromatic rings. The van der Waals surface area contributed by atoms with Gasteiger partial charge in [0.1, 0.15) is 0 Å². The molecule has 1 aromatic carbocycles. The van der Waals surface area contributed by atoms with Crippen LogP contribution in [0.15, 0.2) is 30.3 Å². The van der Waals surface area contributed by atoms with Crippen molar-refractivity contribution < 1.29 is 0 Å². The van der Waals surface area contributed by atoms with Crippen molar-refractivity contribution in [2.45, 2.75) is 18.9 Å². The van der Waals surface area contributed by atoms with E-state index < -0.39 is 0 Å². The number of hydrogen-bond acceptors (Lipinski definition) is 2. The third-order valence-corrected chi connectivity index (χ3v) is 3.02. The van der Waals surface area contributed by atoms with Gasteiger partial charge < -0.3 is 10.2 Å². The lowest BCUT2D eigenvalue weighted by Gasteiger charge is -2.33. The van der Waals surface area contributed by atoms with Crippen molar-refractivity contribution in [1.29, 1.82) is 0 Å². The van der Waals surface area contributed by atoms with E-state index in [4.69, 9.17) is 0 Å². The van der Waals surface area contributed by atoms with Gasteiger partial charge in [-0.1, -0.05) is 18.2 Å². The van der Waals surface area contributed by atoms with Crippen LogP contribution in [0.5, 0.6) is 0 Å². The van der Waals surface area contributed by atoms with Crippen LogP contribution in [-0.4, -0.2) is 26.2 Å². The first-order valence-electron chi connectivity index (χ1n) is 5.37. The van der Waals surface area contributed by atoms with E-state index in [-0.39, 0.29) is 24.8 Å². The van der Waals surface area contributed by atoms with Gasteiger partial charge in [-0.3, -0.25) is 0 Å². The normalized spacial score (nSPS) is 16.2. The minimum Gasteiger partial charge on any atom is -0.371 e. The predicted molar refractivity (Wildman–Crippen MR) is 75.2 cm³/mol. The van der Waals surface area contributed by atoms with E-state index in [0.717, 1.165) is 6.04 Å². The average Bonchev–Trinajstić information content (AvgIpc) is 2.30. The van der Waals surface area contributed by atoms with Crippen molar-refractivity contribution >= 4 is 30.5 Å². The summed E-state index contributed by atoms with van der Waals surface area (Å²) in [4.78, 5) is 2.47. The fraction of sp³-hybridized carbons (Fsp3) is 0.500. The number of rotatable bonds is 2. The van der Waals surface area contributed by atoms with Gasteiger partial charge >= 0.3 is 0 Å². The Morgan fingerprint density at radius 1 is 1.06 bits per heavy atom. The summed E-state index contributed by atoms with van der Waals surface area (Å²) in [5.41, 5.74) is 1.36. The Bertz CT molecular complexity index is 272. The summed E-state index contributed by atoms with van der Waals surface area (Å²) in [6.07, 6.45) is 2.51. The Labute approximate surface area is 110 Å². The Morgan fingerprint density at radius 3 is 2.12 bits per heavy atom. The minimum absolute atomic E-state index is 0. The molecule has 0 aromatic heterocycles. The van der Waals surface area contributed by atoms with Crippen molar-refractivity contribution in [3.63, 3.8) is 0 Å². The maximum absolute atomic E-state index is 3.35. The number of piperidine rings is 1. The molecule has 2 rings (SSSR count). The van der Waals surface area contributed by atoms with E-state index in [1.165, 1.54) is 31.6 Å². The fourth-order valence-electron chi connectivity index (χ4n) is 2.07. The maximum Gasteiger partial charge on any atom is 0.0366 e. The number of benzene rings is 1. The van der Waals surface area contributed by atoms with Gasteiger partial charge in [-0.2, -0.15) is 0 Å². The number of nitrogens with one attached hydrogen (secondary N) is 1. The van der Waals surface area contributed by atoms with Crippen molar-refractivity contribution in [3.05, 3.63) is 30.3 Å². The standard InChI is InChI=1S/C12H18N2.2ClH/c1-13-11-7-9-14(10-8-11)12-5-3-2-4-6-12;;/h2-6,11,13H,7-10H2,1H3;2*1H. The van der Waals surface area contributed by atoms with Gasteiger partial charge in [0.15, 0.2) is 0 Å². The van der Waals surface area contributed by atoms with Crippen LogP contribution in [0, 0.1) is 0 Å². The van der Waals surface area contributed by atoms with E-state index >= 15 is 0 Å². The Kier molecular flexibility index (Phi) is 7.56. The van der Waals surface area contributed by atoms with Crippen LogP contribution in [-0.2, 0) is 0 Å². The Balaban J connectivity index is 0.00000112. The first-order valence-corrected chi connectivity index (χ1v) is 5.37. The zero-order valence-electron chi connectivity index (χ0n) is 9.56. The maximum atomic E-state index is 3.35. The number of nitrogens with zero attached hydrogens (tertiary/aromatic N) is 1. The van der Waals surface area contributed by atoms with Crippen molar-refractivity contribution in [1.82, 2.24) is 5.32 Å². The highest BCUT2D eigenvalue weighted by Crippen LogP contribution is 2.18. The number of hydrogen-bond donors (Lipinski definition) is 1. The Hall–Kier alpha value is -0.440.